The predicted octanol–water partition coefficient (Wildman–Crippen LogP) is 2.23. The summed E-state index contributed by atoms with van der Waals surface area (Å²) in [4.78, 5) is 0. The molecule has 2 aromatic rings. The molecular formula is C7H5BrN2O. The van der Waals surface area contributed by atoms with Crippen LogP contribution in [0, 0.1) is 0 Å². The summed E-state index contributed by atoms with van der Waals surface area (Å²) in [5, 5.41) is 4.03. The fourth-order valence-corrected chi connectivity index (χ4v) is 1.11. The van der Waals surface area contributed by atoms with Crippen LogP contribution in [0.2, 0.25) is 0 Å². The van der Waals surface area contributed by atoms with E-state index in [0.29, 0.717) is 0 Å². The van der Waals surface area contributed by atoms with E-state index in [-0.39, 0.29) is 0 Å². The zero-order valence-corrected chi connectivity index (χ0v) is 7.15. The lowest BCUT2D eigenvalue weighted by Gasteiger charge is -1.91. The van der Waals surface area contributed by atoms with Gasteiger partial charge in [0.05, 0.1) is 16.9 Å². The second-order valence-corrected chi connectivity index (χ2v) is 2.97. The Kier molecular flexibility index (Phi) is 1.54. The summed E-state index contributed by atoms with van der Waals surface area (Å²) in [5.41, 5.74) is 0. The first kappa shape index (κ1) is 6.67. The molecule has 0 atom stereocenters. The number of nitrogens with zero attached hydrogens (tertiary/aromatic N) is 2. The van der Waals surface area contributed by atoms with Crippen LogP contribution in [0.15, 0.2) is 39.7 Å². The standard InChI is InChI=1S/C7H5BrN2O/c8-6-4-9-10(5-6)7-2-1-3-11-7/h1-5H. The number of hydrogen-bond acceptors (Lipinski definition) is 2. The highest BCUT2D eigenvalue weighted by atomic mass is 79.9. The van der Waals surface area contributed by atoms with Gasteiger partial charge in [0.15, 0.2) is 0 Å². The number of furan rings is 1. The Hall–Kier alpha value is -1.03. The van der Waals surface area contributed by atoms with Gasteiger partial charge in [-0.3, -0.25) is 0 Å². The molecule has 0 aliphatic heterocycles. The zero-order valence-electron chi connectivity index (χ0n) is 5.57. The minimum absolute atomic E-state index is 0.718. The van der Waals surface area contributed by atoms with E-state index in [0.717, 1.165) is 10.4 Å². The summed E-state index contributed by atoms with van der Waals surface area (Å²) in [7, 11) is 0. The highest BCUT2D eigenvalue weighted by molar-refractivity contribution is 9.10. The van der Waals surface area contributed by atoms with Gasteiger partial charge < -0.3 is 4.42 Å². The number of aromatic nitrogens is 2. The van der Waals surface area contributed by atoms with Crippen molar-refractivity contribution in [3.8, 4) is 5.88 Å². The molecule has 0 aromatic carbocycles. The average molecular weight is 213 g/mol. The molecule has 0 radical (unpaired) electrons. The van der Waals surface area contributed by atoms with Crippen LogP contribution >= 0.6 is 15.9 Å². The molecule has 0 fully saturated rings. The number of hydrogen-bond donors (Lipinski definition) is 0. The van der Waals surface area contributed by atoms with E-state index in [1.54, 1.807) is 17.1 Å². The minimum Gasteiger partial charge on any atom is -0.447 e. The van der Waals surface area contributed by atoms with Crippen LogP contribution in [0.1, 0.15) is 0 Å². The lowest BCUT2D eigenvalue weighted by Crippen LogP contribution is -1.89. The quantitative estimate of drug-likeness (QED) is 0.727. The minimum atomic E-state index is 0.718. The molecule has 0 aliphatic carbocycles. The van der Waals surface area contributed by atoms with E-state index in [1.807, 2.05) is 18.3 Å². The van der Waals surface area contributed by atoms with E-state index >= 15 is 0 Å². The Bertz CT molecular complexity index is 339. The molecule has 0 bridgehead atoms. The van der Waals surface area contributed by atoms with Gasteiger partial charge in [0.25, 0.3) is 0 Å². The maximum Gasteiger partial charge on any atom is 0.219 e. The van der Waals surface area contributed by atoms with E-state index in [4.69, 9.17) is 4.42 Å². The first-order chi connectivity index (χ1) is 5.36. The Morgan fingerprint density at radius 2 is 2.45 bits per heavy atom. The van der Waals surface area contributed by atoms with Gasteiger partial charge in [0, 0.05) is 12.3 Å². The second kappa shape index (κ2) is 2.54. The summed E-state index contributed by atoms with van der Waals surface area (Å²) in [6.45, 7) is 0. The molecule has 0 saturated heterocycles. The summed E-state index contributed by atoms with van der Waals surface area (Å²) in [6, 6.07) is 3.67. The Balaban J connectivity index is 2.45. The van der Waals surface area contributed by atoms with E-state index < -0.39 is 0 Å². The van der Waals surface area contributed by atoms with Crippen LogP contribution < -0.4 is 0 Å². The molecule has 0 aliphatic rings. The maximum atomic E-state index is 5.11. The van der Waals surface area contributed by atoms with Crippen molar-refractivity contribution in [2.75, 3.05) is 0 Å². The third-order valence-corrected chi connectivity index (χ3v) is 1.69. The normalized spacial score (nSPS) is 10.3. The van der Waals surface area contributed by atoms with Gasteiger partial charge in [-0.1, -0.05) is 0 Å². The summed E-state index contributed by atoms with van der Waals surface area (Å²) in [5.74, 6) is 0.718. The first-order valence-corrected chi connectivity index (χ1v) is 3.89. The smallest absolute Gasteiger partial charge is 0.219 e. The molecule has 4 heteroatoms. The van der Waals surface area contributed by atoms with Crippen molar-refractivity contribution in [3.05, 3.63) is 35.3 Å². The predicted molar refractivity (Wildman–Crippen MR) is 43.5 cm³/mol. The third kappa shape index (κ3) is 1.21. The molecule has 0 N–H and O–H groups in total. The van der Waals surface area contributed by atoms with Crippen molar-refractivity contribution in [3.63, 3.8) is 0 Å². The van der Waals surface area contributed by atoms with Crippen molar-refractivity contribution >= 4 is 15.9 Å². The molecule has 3 nitrogen and oxygen atoms in total. The molecule has 56 valence electrons. The summed E-state index contributed by atoms with van der Waals surface area (Å²) >= 11 is 3.29. The Morgan fingerprint density at radius 3 is 3.00 bits per heavy atom. The van der Waals surface area contributed by atoms with Crippen LogP contribution in [0.25, 0.3) is 5.88 Å². The number of halogens is 1. The Morgan fingerprint density at radius 1 is 1.55 bits per heavy atom. The highest BCUT2D eigenvalue weighted by Gasteiger charge is 1.98. The lowest BCUT2D eigenvalue weighted by molar-refractivity contribution is 0.522. The number of rotatable bonds is 1. The van der Waals surface area contributed by atoms with Crippen molar-refractivity contribution in [1.29, 1.82) is 0 Å². The van der Waals surface area contributed by atoms with Crippen LogP contribution in [0.4, 0.5) is 0 Å². The first-order valence-electron chi connectivity index (χ1n) is 3.10. The van der Waals surface area contributed by atoms with Gasteiger partial charge >= 0.3 is 0 Å². The van der Waals surface area contributed by atoms with Gasteiger partial charge in [0.2, 0.25) is 5.88 Å². The van der Waals surface area contributed by atoms with Crippen LogP contribution in [-0.4, -0.2) is 9.78 Å². The van der Waals surface area contributed by atoms with E-state index in [1.165, 1.54) is 0 Å². The summed E-state index contributed by atoms with van der Waals surface area (Å²) < 4.78 is 7.71. The molecule has 2 heterocycles. The molecule has 0 unspecified atom stereocenters. The lowest BCUT2D eigenvalue weighted by atomic mass is 10.6. The second-order valence-electron chi connectivity index (χ2n) is 2.05. The largest absolute Gasteiger partial charge is 0.447 e. The maximum absolute atomic E-state index is 5.11. The van der Waals surface area contributed by atoms with Gasteiger partial charge in [0.1, 0.15) is 0 Å². The van der Waals surface area contributed by atoms with Gasteiger partial charge in [-0.15, -0.1) is 0 Å². The van der Waals surface area contributed by atoms with Crippen molar-refractivity contribution in [2.45, 2.75) is 0 Å². The topological polar surface area (TPSA) is 31.0 Å². The fourth-order valence-electron chi connectivity index (χ4n) is 0.822. The molecule has 11 heavy (non-hydrogen) atoms. The third-order valence-electron chi connectivity index (χ3n) is 1.28. The van der Waals surface area contributed by atoms with Gasteiger partial charge in [-0.2, -0.15) is 5.10 Å². The van der Waals surface area contributed by atoms with Crippen LogP contribution in [0.5, 0.6) is 0 Å². The Labute approximate surface area is 71.8 Å². The molecular weight excluding hydrogens is 208 g/mol. The van der Waals surface area contributed by atoms with Gasteiger partial charge in [-0.25, -0.2) is 4.68 Å². The van der Waals surface area contributed by atoms with E-state index in [2.05, 4.69) is 21.0 Å². The van der Waals surface area contributed by atoms with E-state index in [9.17, 15) is 0 Å². The zero-order chi connectivity index (χ0) is 7.68. The average Bonchev–Trinajstić information content (AvgIpc) is 2.55. The van der Waals surface area contributed by atoms with Crippen molar-refractivity contribution in [2.24, 2.45) is 0 Å². The molecule has 2 rings (SSSR count). The fraction of sp³-hybridized carbons (Fsp3) is 0. The van der Waals surface area contributed by atoms with Crippen LogP contribution in [-0.2, 0) is 0 Å². The molecule has 2 aromatic heterocycles. The SMILES string of the molecule is Brc1cnn(-c2ccco2)c1. The van der Waals surface area contributed by atoms with Crippen molar-refractivity contribution < 1.29 is 4.42 Å². The molecule has 0 spiro atoms. The monoisotopic (exact) mass is 212 g/mol. The van der Waals surface area contributed by atoms with Crippen LogP contribution in [0.3, 0.4) is 0 Å². The summed E-state index contributed by atoms with van der Waals surface area (Å²) in [6.07, 6.45) is 5.16. The molecule has 0 amide bonds. The highest BCUT2D eigenvalue weighted by Crippen LogP contribution is 2.11. The van der Waals surface area contributed by atoms with Crippen molar-refractivity contribution in [1.82, 2.24) is 9.78 Å². The van der Waals surface area contributed by atoms with Gasteiger partial charge in [-0.05, 0) is 22.0 Å². The molecule has 0 saturated carbocycles.